The van der Waals surface area contributed by atoms with Gasteiger partial charge in [0.1, 0.15) is 10.8 Å². The van der Waals surface area contributed by atoms with Gasteiger partial charge in [0.15, 0.2) is 0 Å². The van der Waals surface area contributed by atoms with Gasteiger partial charge in [0.25, 0.3) is 5.91 Å². The molecule has 2 aromatic rings. The van der Waals surface area contributed by atoms with Gasteiger partial charge >= 0.3 is 0 Å². The minimum Gasteiger partial charge on any atom is -0.468 e. The van der Waals surface area contributed by atoms with E-state index in [2.05, 4.69) is 5.32 Å². The van der Waals surface area contributed by atoms with E-state index in [-0.39, 0.29) is 11.9 Å². The van der Waals surface area contributed by atoms with Crippen LogP contribution in [0.4, 0.5) is 5.00 Å². The second-order valence-corrected chi connectivity index (χ2v) is 5.60. The lowest BCUT2D eigenvalue weighted by atomic mass is 10.2. The van der Waals surface area contributed by atoms with Gasteiger partial charge in [-0.2, -0.15) is 0 Å². The highest BCUT2D eigenvalue weighted by Gasteiger charge is 2.21. The number of amides is 2. The van der Waals surface area contributed by atoms with Crippen molar-refractivity contribution in [1.29, 1.82) is 0 Å². The molecule has 3 N–H and O–H groups in total. The van der Waals surface area contributed by atoms with E-state index < -0.39 is 5.91 Å². The van der Waals surface area contributed by atoms with E-state index in [4.69, 9.17) is 10.2 Å². The summed E-state index contributed by atoms with van der Waals surface area (Å²) in [6.07, 6.45) is 1.60. The third-order valence-electron chi connectivity index (χ3n) is 3.19. The Bertz CT molecular complexity index is 621. The fourth-order valence-electron chi connectivity index (χ4n) is 1.80. The smallest absolute Gasteiger partial charge is 0.251 e. The topological polar surface area (TPSA) is 88.6 Å². The van der Waals surface area contributed by atoms with Crippen LogP contribution in [0.1, 0.15) is 23.0 Å². The zero-order valence-electron chi connectivity index (χ0n) is 11.8. The summed E-state index contributed by atoms with van der Waals surface area (Å²) >= 11 is 1.27. The number of carbonyl (C=O) groups excluding carboxylic acids is 2. The SMILES string of the molecule is C[C@H](C(=O)Nc1sccc1C(N)=O)N(C)Cc1ccco1. The molecule has 2 amide bonds. The molecule has 0 spiro atoms. The van der Waals surface area contributed by atoms with Crippen LogP contribution in [-0.4, -0.2) is 29.8 Å². The predicted octanol–water partition coefficient (Wildman–Crippen LogP) is 1.90. The molecule has 1 atom stereocenters. The molecule has 0 aliphatic carbocycles. The van der Waals surface area contributed by atoms with E-state index in [1.807, 2.05) is 18.0 Å². The largest absolute Gasteiger partial charge is 0.468 e. The fourth-order valence-corrected chi connectivity index (χ4v) is 2.60. The quantitative estimate of drug-likeness (QED) is 0.853. The molecular formula is C14H17N3O3S. The summed E-state index contributed by atoms with van der Waals surface area (Å²) < 4.78 is 5.26. The maximum Gasteiger partial charge on any atom is 0.251 e. The van der Waals surface area contributed by atoms with Crippen molar-refractivity contribution in [3.63, 3.8) is 0 Å². The lowest BCUT2D eigenvalue weighted by Gasteiger charge is -2.22. The molecule has 0 aromatic carbocycles. The second-order valence-electron chi connectivity index (χ2n) is 4.69. The van der Waals surface area contributed by atoms with Crippen LogP contribution in [0, 0.1) is 0 Å². The van der Waals surface area contributed by atoms with Gasteiger partial charge in [-0.05, 0) is 37.6 Å². The Morgan fingerprint density at radius 2 is 2.24 bits per heavy atom. The number of hydrogen-bond donors (Lipinski definition) is 2. The Balaban J connectivity index is 1.98. The maximum absolute atomic E-state index is 12.2. The minimum atomic E-state index is -0.553. The lowest BCUT2D eigenvalue weighted by molar-refractivity contribution is -0.120. The third kappa shape index (κ3) is 3.71. The van der Waals surface area contributed by atoms with Crippen LogP contribution < -0.4 is 11.1 Å². The van der Waals surface area contributed by atoms with Gasteiger partial charge in [-0.25, -0.2) is 0 Å². The van der Waals surface area contributed by atoms with Gasteiger partial charge in [-0.15, -0.1) is 11.3 Å². The van der Waals surface area contributed by atoms with Crippen LogP contribution in [0.5, 0.6) is 0 Å². The number of nitrogens with two attached hydrogens (primary N) is 1. The van der Waals surface area contributed by atoms with Crippen molar-refractivity contribution < 1.29 is 14.0 Å². The molecule has 2 aromatic heterocycles. The van der Waals surface area contributed by atoms with Crippen molar-refractivity contribution in [2.45, 2.75) is 19.5 Å². The van der Waals surface area contributed by atoms with Crippen LogP contribution in [0.25, 0.3) is 0 Å². The molecule has 2 rings (SSSR count). The van der Waals surface area contributed by atoms with Gasteiger partial charge in [0.05, 0.1) is 24.4 Å². The summed E-state index contributed by atoms with van der Waals surface area (Å²) in [4.78, 5) is 25.3. The molecule has 21 heavy (non-hydrogen) atoms. The number of primary amides is 1. The van der Waals surface area contributed by atoms with Gasteiger partial charge in [-0.3, -0.25) is 14.5 Å². The van der Waals surface area contributed by atoms with E-state index in [1.165, 1.54) is 11.3 Å². The molecule has 2 heterocycles. The first-order valence-electron chi connectivity index (χ1n) is 6.40. The van der Waals surface area contributed by atoms with Crippen molar-refractivity contribution in [3.8, 4) is 0 Å². The molecule has 0 saturated carbocycles. The average Bonchev–Trinajstić information content (AvgIpc) is 3.08. The summed E-state index contributed by atoms with van der Waals surface area (Å²) in [6, 6.07) is 4.88. The van der Waals surface area contributed by atoms with Crippen molar-refractivity contribution >= 4 is 28.2 Å². The highest BCUT2D eigenvalue weighted by atomic mass is 32.1. The zero-order valence-corrected chi connectivity index (χ0v) is 12.6. The van der Waals surface area contributed by atoms with E-state index in [1.54, 1.807) is 30.7 Å². The van der Waals surface area contributed by atoms with Crippen LogP contribution in [0.15, 0.2) is 34.3 Å². The van der Waals surface area contributed by atoms with E-state index in [0.29, 0.717) is 17.1 Å². The van der Waals surface area contributed by atoms with E-state index in [9.17, 15) is 9.59 Å². The number of carbonyl (C=O) groups is 2. The Morgan fingerprint density at radius 1 is 1.48 bits per heavy atom. The monoisotopic (exact) mass is 307 g/mol. The van der Waals surface area contributed by atoms with Gasteiger partial charge in [0.2, 0.25) is 5.91 Å². The highest BCUT2D eigenvalue weighted by Crippen LogP contribution is 2.23. The Hall–Kier alpha value is -2.12. The van der Waals surface area contributed by atoms with Crippen LogP contribution in [0.3, 0.4) is 0 Å². The highest BCUT2D eigenvalue weighted by molar-refractivity contribution is 7.14. The summed E-state index contributed by atoms with van der Waals surface area (Å²) in [5.74, 6) is 0.0308. The van der Waals surface area contributed by atoms with Gasteiger partial charge in [-0.1, -0.05) is 0 Å². The Kier molecular flexibility index (Phi) is 4.77. The molecule has 7 heteroatoms. The minimum absolute atomic E-state index is 0.200. The standard InChI is InChI=1S/C14H17N3O3S/c1-9(17(2)8-10-4-3-6-20-10)13(19)16-14-11(12(15)18)5-7-21-14/h3-7,9H,8H2,1-2H3,(H2,15,18)(H,16,19)/t9-/m1/s1. The summed E-state index contributed by atoms with van der Waals surface area (Å²) in [6.45, 7) is 2.31. The summed E-state index contributed by atoms with van der Waals surface area (Å²) in [5.41, 5.74) is 5.58. The third-order valence-corrected chi connectivity index (χ3v) is 4.02. The molecular weight excluding hydrogens is 290 g/mol. The predicted molar refractivity (Wildman–Crippen MR) is 81.1 cm³/mol. The lowest BCUT2D eigenvalue weighted by Crippen LogP contribution is -2.39. The molecule has 0 fully saturated rings. The number of nitrogens with zero attached hydrogens (tertiary/aromatic N) is 1. The van der Waals surface area contributed by atoms with Crippen LogP contribution in [0.2, 0.25) is 0 Å². The molecule has 112 valence electrons. The zero-order chi connectivity index (χ0) is 15.4. The number of nitrogens with one attached hydrogen (secondary N) is 1. The maximum atomic E-state index is 12.2. The van der Waals surface area contributed by atoms with Crippen molar-refractivity contribution in [3.05, 3.63) is 41.2 Å². The Labute approximate surface area is 126 Å². The van der Waals surface area contributed by atoms with Crippen molar-refractivity contribution in [1.82, 2.24) is 4.90 Å². The molecule has 0 saturated heterocycles. The van der Waals surface area contributed by atoms with E-state index in [0.717, 1.165) is 5.76 Å². The average molecular weight is 307 g/mol. The number of anilines is 1. The molecule has 0 unspecified atom stereocenters. The van der Waals surface area contributed by atoms with Crippen LogP contribution in [-0.2, 0) is 11.3 Å². The van der Waals surface area contributed by atoms with Crippen molar-refractivity contribution in [2.24, 2.45) is 5.73 Å². The number of furan rings is 1. The summed E-state index contributed by atoms with van der Waals surface area (Å²) in [7, 11) is 1.83. The second kappa shape index (κ2) is 6.55. The van der Waals surface area contributed by atoms with Crippen LogP contribution >= 0.6 is 11.3 Å². The number of likely N-dealkylation sites (N-methyl/N-ethyl adjacent to an activating group) is 1. The molecule has 0 bridgehead atoms. The Morgan fingerprint density at radius 3 is 2.86 bits per heavy atom. The normalized spacial score (nSPS) is 12.3. The first-order chi connectivity index (χ1) is 9.99. The molecule has 6 nitrogen and oxygen atoms in total. The summed E-state index contributed by atoms with van der Waals surface area (Å²) in [5, 5.41) is 4.93. The fraction of sp³-hybridized carbons (Fsp3) is 0.286. The molecule has 0 aliphatic rings. The van der Waals surface area contributed by atoms with Crippen molar-refractivity contribution in [2.75, 3.05) is 12.4 Å². The van der Waals surface area contributed by atoms with Gasteiger partial charge < -0.3 is 15.5 Å². The number of rotatable bonds is 6. The molecule has 0 aliphatic heterocycles. The number of thiophene rings is 1. The first-order valence-corrected chi connectivity index (χ1v) is 7.27. The molecule has 0 radical (unpaired) electrons. The van der Waals surface area contributed by atoms with E-state index >= 15 is 0 Å². The number of hydrogen-bond acceptors (Lipinski definition) is 5. The first kappa shape index (κ1) is 15.3. The van der Waals surface area contributed by atoms with Gasteiger partial charge in [0, 0.05) is 0 Å².